The van der Waals surface area contributed by atoms with Crippen molar-refractivity contribution in [2.24, 2.45) is 5.92 Å². The molecule has 1 fully saturated rings. The van der Waals surface area contributed by atoms with Crippen molar-refractivity contribution in [1.82, 2.24) is 5.32 Å². The van der Waals surface area contributed by atoms with E-state index in [-0.39, 0.29) is 19.1 Å². The Bertz CT molecular complexity index is 445. The largest absolute Gasteiger partial charge is 0.484 e. The summed E-state index contributed by atoms with van der Waals surface area (Å²) >= 11 is 3.33. The van der Waals surface area contributed by atoms with Crippen LogP contribution in [0.4, 0.5) is 0 Å². The Balaban J connectivity index is 1.82. The van der Waals surface area contributed by atoms with Crippen molar-refractivity contribution >= 4 is 21.8 Å². The van der Waals surface area contributed by atoms with E-state index < -0.39 is 5.54 Å². The van der Waals surface area contributed by atoms with E-state index in [0.29, 0.717) is 11.7 Å². The van der Waals surface area contributed by atoms with Gasteiger partial charge in [0.15, 0.2) is 6.61 Å². The van der Waals surface area contributed by atoms with E-state index in [0.717, 1.165) is 17.3 Å². The number of carbonyl (C=O) groups excluding carboxylic acids is 1. The van der Waals surface area contributed by atoms with Crippen molar-refractivity contribution < 1.29 is 14.6 Å². The van der Waals surface area contributed by atoms with E-state index in [1.807, 2.05) is 19.1 Å². The minimum atomic E-state index is -0.514. The second-order valence-corrected chi connectivity index (χ2v) is 6.06. The first-order valence-electron chi connectivity index (χ1n) is 6.34. The number of ether oxygens (including phenoxy) is 1. The molecule has 1 aromatic rings. The van der Waals surface area contributed by atoms with Gasteiger partial charge in [-0.05, 0) is 49.9 Å². The highest BCUT2D eigenvalue weighted by Gasteiger charge is 2.42. The topological polar surface area (TPSA) is 58.6 Å². The lowest BCUT2D eigenvalue weighted by Crippen LogP contribution is -2.52. The summed E-state index contributed by atoms with van der Waals surface area (Å²) in [6.45, 7) is 1.80. The van der Waals surface area contributed by atoms with Crippen LogP contribution in [-0.4, -0.2) is 29.8 Å². The van der Waals surface area contributed by atoms with Crippen LogP contribution in [0.3, 0.4) is 0 Å². The van der Waals surface area contributed by atoms with Crippen LogP contribution in [0.1, 0.15) is 19.8 Å². The van der Waals surface area contributed by atoms with Gasteiger partial charge in [-0.2, -0.15) is 0 Å². The van der Waals surface area contributed by atoms with Crippen LogP contribution in [0.25, 0.3) is 0 Å². The van der Waals surface area contributed by atoms with E-state index in [1.54, 1.807) is 12.1 Å². The zero-order valence-corrected chi connectivity index (χ0v) is 12.4. The first kappa shape index (κ1) is 14.3. The third-order valence-corrected chi connectivity index (χ3v) is 3.94. The number of hydrogen-bond acceptors (Lipinski definition) is 3. The average molecular weight is 328 g/mol. The highest BCUT2D eigenvalue weighted by molar-refractivity contribution is 9.10. The molecule has 1 aliphatic rings. The number of benzene rings is 1. The Morgan fingerprint density at radius 2 is 2.11 bits per heavy atom. The molecular formula is C14H18BrNO3. The number of aliphatic hydroxyl groups excluding tert-OH is 1. The molecule has 104 valence electrons. The summed E-state index contributed by atoms with van der Waals surface area (Å²) in [6, 6.07) is 7.30. The summed E-state index contributed by atoms with van der Waals surface area (Å²) < 4.78 is 6.36. The van der Waals surface area contributed by atoms with Crippen LogP contribution in [0.5, 0.6) is 5.75 Å². The molecule has 1 saturated carbocycles. The minimum absolute atomic E-state index is 0.0378. The smallest absolute Gasteiger partial charge is 0.258 e. The van der Waals surface area contributed by atoms with Crippen molar-refractivity contribution in [3.8, 4) is 5.75 Å². The fourth-order valence-corrected chi connectivity index (χ4v) is 2.29. The maximum Gasteiger partial charge on any atom is 0.258 e. The average Bonchev–Trinajstić information content (AvgIpc) is 3.22. The highest BCUT2D eigenvalue weighted by atomic mass is 79.9. The molecule has 1 aromatic carbocycles. The van der Waals surface area contributed by atoms with Gasteiger partial charge in [-0.3, -0.25) is 4.79 Å². The standard InChI is InChI=1S/C14H18BrNO3/c1-14(9-17,10-2-3-10)16-13(18)8-19-12-6-4-11(15)5-7-12/h4-7,10,17H,2-3,8-9H2,1H3,(H,16,18). The Morgan fingerprint density at radius 3 is 2.63 bits per heavy atom. The third kappa shape index (κ3) is 3.94. The fourth-order valence-electron chi connectivity index (χ4n) is 2.03. The number of carbonyl (C=O) groups is 1. The van der Waals surface area contributed by atoms with Crippen LogP contribution >= 0.6 is 15.9 Å². The van der Waals surface area contributed by atoms with Gasteiger partial charge in [-0.25, -0.2) is 0 Å². The summed E-state index contributed by atoms with van der Waals surface area (Å²) in [5.41, 5.74) is -0.514. The Labute approximate surface area is 121 Å². The van der Waals surface area contributed by atoms with Crippen LogP contribution in [0, 0.1) is 5.92 Å². The molecule has 2 N–H and O–H groups in total. The van der Waals surface area contributed by atoms with Crippen molar-refractivity contribution in [3.05, 3.63) is 28.7 Å². The normalized spacial score (nSPS) is 17.6. The van der Waals surface area contributed by atoms with E-state index in [9.17, 15) is 9.90 Å². The summed E-state index contributed by atoms with van der Waals surface area (Å²) in [7, 11) is 0. The monoisotopic (exact) mass is 327 g/mol. The van der Waals surface area contributed by atoms with Gasteiger partial charge in [0.1, 0.15) is 5.75 Å². The lowest BCUT2D eigenvalue weighted by atomic mass is 9.97. The first-order chi connectivity index (χ1) is 9.03. The van der Waals surface area contributed by atoms with Gasteiger partial charge >= 0.3 is 0 Å². The van der Waals surface area contributed by atoms with Crippen molar-refractivity contribution in [2.45, 2.75) is 25.3 Å². The van der Waals surface area contributed by atoms with Crippen LogP contribution in [-0.2, 0) is 4.79 Å². The number of halogens is 1. The molecule has 0 spiro atoms. The van der Waals surface area contributed by atoms with Crippen LogP contribution < -0.4 is 10.1 Å². The molecule has 19 heavy (non-hydrogen) atoms. The van der Waals surface area contributed by atoms with Gasteiger partial charge in [0.05, 0.1) is 12.1 Å². The van der Waals surface area contributed by atoms with Crippen molar-refractivity contribution in [3.63, 3.8) is 0 Å². The fraction of sp³-hybridized carbons (Fsp3) is 0.500. The van der Waals surface area contributed by atoms with E-state index in [2.05, 4.69) is 21.2 Å². The molecule has 0 bridgehead atoms. The molecule has 1 unspecified atom stereocenters. The molecule has 0 heterocycles. The molecule has 0 saturated heterocycles. The summed E-state index contributed by atoms with van der Waals surface area (Å²) in [4.78, 5) is 11.8. The number of rotatable bonds is 6. The Morgan fingerprint density at radius 1 is 1.47 bits per heavy atom. The zero-order chi connectivity index (χ0) is 13.9. The number of hydrogen-bond donors (Lipinski definition) is 2. The van der Waals surface area contributed by atoms with Gasteiger partial charge < -0.3 is 15.2 Å². The summed E-state index contributed by atoms with van der Waals surface area (Å²) in [5, 5.41) is 12.3. The summed E-state index contributed by atoms with van der Waals surface area (Å²) in [6.07, 6.45) is 2.12. The highest BCUT2D eigenvalue weighted by Crippen LogP contribution is 2.39. The molecule has 4 nitrogen and oxygen atoms in total. The predicted octanol–water partition coefficient (Wildman–Crippen LogP) is 2.11. The lowest BCUT2D eigenvalue weighted by molar-refractivity contribution is -0.125. The molecule has 2 rings (SSSR count). The lowest BCUT2D eigenvalue weighted by Gasteiger charge is -2.28. The molecular weight excluding hydrogens is 310 g/mol. The van der Waals surface area contributed by atoms with Crippen LogP contribution in [0.2, 0.25) is 0 Å². The number of nitrogens with one attached hydrogen (secondary N) is 1. The van der Waals surface area contributed by atoms with Crippen molar-refractivity contribution in [2.75, 3.05) is 13.2 Å². The molecule has 1 atom stereocenters. The Hall–Kier alpha value is -1.07. The van der Waals surface area contributed by atoms with E-state index in [4.69, 9.17) is 4.74 Å². The zero-order valence-electron chi connectivity index (χ0n) is 10.9. The van der Waals surface area contributed by atoms with Gasteiger partial charge in [-0.15, -0.1) is 0 Å². The Kier molecular flexibility index (Phi) is 4.47. The second-order valence-electron chi connectivity index (χ2n) is 5.14. The molecule has 1 aliphatic carbocycles. The molecule has 1 amide bonds. The van der Waals surface area contributed by atoms with Crippen molar-refractivity contribution in [1.29, 1.82) is 0 Å². The second kappa shape index (κ2) is 5.92. The number of amides is 1. The SMILES string of the molecule is CC(CO)(NC(=O)COc1ccc(Br)cc1)C1CC1. The molecule has 5 heteroatoms. The van der Waals surface area contributed by atoms with E-state index in [1.165, 1.54) is 0 Å². The molecule has 0 aliphatic heterocycles. The van der Waals surface area contributed by atoms with E-state index >= 15 is 0 Å². The quantitative estimate of drug-likeness (QED) is 0.841. The third-order valence-electron chi connectivity index (χ3n) is 3.42. The number of aliphatic hydroxyl groups is 1. The van der Waals surface area contributed by atoms with Gasteiger partial charge in [-0.1, -0.05) is 15.9 Å². The maximum absolute atomic E-state index is 11.8. The molecule has 0 aromatic heterocycles. The summed E-state index contributed by atoms with van der Waals surface area (Å²) in [5.74, 6) is 0.830. The first-order valence-corrected chi connectivity index (χ1v) is 7.13. The predicted molar refractivity (Wildman–Crippen MR) is 76.0 cm³/mol. The van der Waals surface area contributed by atoms with Gasteiger partial charge in [0.2, 0.25) is 0 Å². The van der Waals surface area contributed by atoms with Gasteiger partial charge in [0.25, 0.3) is 5.91 Å². The minimum Gasteiger partial charge on any atom is -0.484 e. The van der Waals surface area contributed by atoms with Gasteiger partial charge in [0, 0.05) is 4.47 Å². The van der Waals surface area contributed by atoms with Crippen LogP contribution in [0.15, 0.2) is 28.7 Å². The maximum atomic E-state index is 11.8. The molecule has 0 radical (unpaired) electrons.